The second kappa shape index (κ2) is 3.42. The summed E-state index contributed by atoms with van der Waals surface area (Å²) in [6, 6.07) is 2.05. The lowest BCUT2D eigenvalue weighted by Crippen LogP contribution is -1.95. The highest BCUT2D eigenvalue weighted by molar-refractivity contribution is 5.35. The molecule has 2 N–H and O–H groups in total. The number of anilines is 1. The van der Waals surface area contributed by atoms with Gasteiger partial charge in [-0.1, -0.05) is 13.8 Å². The Bertz CT molecular complexity index is 215. The molecule has 1 heterocycles. The predicted octanol–water partition coefficient (Wildman–Crippen LogP) is 1.96. The summed E-state index contributed by atoms with van der Waals surface area (Å²) in [7, 11) is 0. The summed E-state index contributed by atoms with van der Waals surface area (Å²) in [4.78, 5) is 0. The molecule has 0 aliphatic carbocycles. The second-order valence-electron chi connectivity index (χ2n) is 2.89. The molecule has 0 bridgehead atoms. The van der Waals surface area contributed by atoms with Gasteiger partial charge >= 0.3 is 0 Å². The first-order chi connectivity index (χ1) is 5.24. The molecule has 3 nitrogen and oxygen atoms in total. The molecule has 0 spiro atoms. The summed E-state index contributed by atoms with van der Waals surface area (Å²) >= 11 is 0. The van der Waals surface area contributed by atoms with E-state index in [1.165, 1.54) is 5.69 Å². The van der Waals surface area contributed by atoms with Crippen molar-refractivity contribution in [2.75, 3.05) is 11.9 Å². The molecule has 1 aromatic heterocycles. The van der Waals surface area contributed by atoms with E-state index in [1.54, 1.807) is 0 Å². The molecule has 0 radical (unpaired) electrons. The molecule has 0 atom stereocenters. The maximum absolute atomic E-state index is 4.09. The van der Waals surface area contributed by atoms with Crippen molar-refractivity contribution in [3.05, 3.63) is 11.8 Å². The van der Waals surface area contributed by atoms with Gasteiger partial charge in [-0.15, -0.1) is 0 Å². The van der Waals surface area contributed by atoms with Crippen LogP contribution >= 0.6 is 0 Å². The minimum Gasteiger partial charge on any atom is -0.369 e. The summed E-state index contributed by atoms with van der Waals surface area (Å²) in [5, 5.41) is 10.2. The van der Waals surface area contributed by atoms with Gasteiger partial charge in [0, 0.05) is 18.3 Å². The largest absolute Gasteiger partial charge is 0.369 e. The van der Waals surface area contributed by atoms with Gasteiger partial charge in [0.2, 0.25) is 0 Å². The quantitative estimate of drug-likeness (QED) is 0.697. The van der Waals surface area contributed by atoms with E-state index in [2.05, 4.69) is 36.3 Å². The zero-order chi connectivity index (χ0) is 8.27. The van der Waals surface area contributed by atoms with Crippen LogP contribution in [0.4, 0.5) is 5.82 Å². The fourth-order valence-corrected chi connectivity index (χ4v) is 0.904. The topological polar surface area (TPSA) is 40.7 Å². The molecule has 1 aromatic rings. The lowest BCUT2D eigenvalue weighted by Gasteiger charge is -1.96. The van der Waals surface area contributed by atoms with Gasteiger partial charge < -0.3 is 5.32 Å². The number of rotatable bonds is 3. The highest BCUT2D eigenvalue weighted by Gasteiger charge is 2.02. The highest BCUT2D eigenvalue weighted by Crippen LogP contribution is 2.14. The Morgan fingerprint density at radius 3 is 2.82 bits per heavy atom. The van der Waals surface area contributed by atoms with Crippen LogP contribution in [-0.2, 0) is 0 Å². The molecule has 0 amide bonds. The zero-order valence-corrected chi connectivity index (χ0v) is 7.31. The van der Waals surface area contributed by atoms with Gasteiger partial charge in [-0.05, 0) is 12.8 Å². The van der Waals surface area contributed by atoms with Gasteiger partial charge in [-0.3, -0.25) is 5.10 Å². The first-order valence-electron chi connectivity index (χ1n) is 4.03. The molecule has 0 fully saturated rings. The molecule has 0 aliphatic rings. The number of aromatic amines is 1. The van der Waals surface area contributed by atoms with E-state index in [-0.39, 0.29) is 0 Å². The Morgan fingerprint density at radius 1 is 1.64 bits per heavy atom. The molecule has 0 aromatic carbocycles. The standard InChI is InChI=1S/C8H15N3/c1-4-9-8-5-7(6(2)3)10-11-8/h5-6H,4H2,1-3H3,(H2,9,10,11). The summed E-state index contributed by atoms with van der Waals surface area (Å²) < 4.78 is 0. The minimum atomic E-state index is 0.523. The van der Waals surface area contributed by atoms with Gasteiger partial charge in [-0.2, -0.15) is 5.10 Å². The van der Waals surface area contributed by atoms with Crippen LogP contribution in [0.5, 0.6) is 0 Å². The van der Waals surface area contributed by atoms with E-state index in [0.29, 0.717) is 5.92 Å². The maximum Gasteiger partial charge on any atom is 0.148 e. The summed E-state index contributed by atoms with van der Waals surface area (Å²) in [6.07, 6.45) is 0. The predicted molar refractivity (Wildman–Crippen MR) is 46.8 cm³/mol. The van der Waals surface area contributed by atoms with Gasteiger partial charge in [0.05, 0.1) is 0 Å². The second-order valence-corrected chi connectivity index (χ2v) is 2.89. The first-order valence-corrected chi connectivity index (χ1v) is 4.03. The van der Waals surface area contributed by atoms with Crippen molar-refractivity contribution < 1.29 is 0 Å². The summed E-state index contributed by atoms with van der Waals surface area (Å²) in [5.41, 5.74) is 1.18. The molecule has 11 heavy (non-hydrogen) atoms. The van der Waals surface area contributed by atoms with Gasteiger partial charge in [-0.25, -0.2) is 0 Å². The molecule has 3 heteroatoms. The number of H-pyrrole nitrogens is 1. The molecule has 0 unspecified atom stereocenters. The fourth-order valence-electron chi connectivity index (χ4n) is 0.904. The van der Waals surface area contributed by atoms with Crippen LogP contribution < -0.4 is 5.32 Å². The van der Waals surface area contributed by atoms with Crippen molar-refractivity contribution in [1.29, 1.82) is 0 Å². The Morgan fingerprint density at radius 2 is 2.36 bits per heavy atom. The van der Waals surface area contributed by atoms with Crippen molar-refractivity contribution in [2.24, 2.45) is 0 Å². The fraction of sp³-hybridized carbons (Fsp3) is 0.625. The normalized spacial score (nSPS) is 10.5. The van der Waals surface area contributed by atoms with E-state index in [4.69, 9.17) is 0 Å². The molecule has 0 aliphatic heterocycles. The Hall–Kier alpha value is -0.990. The van der Waals surface area contributed by atoms with Crippen LogP contribution in [0.1, 0.15) is 32.4 Å². The van der Waals surface area contributed by atoms with Crippen LogP contribution in [0.2, 0.25) is 0 Å². The van der Waals surface area contributed by atoms with Crippen LogP contribution in [0.25, 0.3) is 0 Å². The van der Waals surface area contributed by atoms with Crippen molar-refractivity contribution >= 4 is 5.82 Å². The van der Waals surface area contributed by atoms with Crippen LogP contribution in [0, 0.1) is 0 Å². The summed E-state index contributed by atoms with van der Waals surface area (Å²) in [6.45, 7) is 7.26. The number of hydrogen-bond donors (Lipinski definition) is 2. The summed E-state index contributed by atoms with van der Waals surface area (Å²) in [5.74, 6) is 1.46. The third-order valence-corrected chi connectivity index (χ3v) is 1.58. The van der Waals surface area contributed by atoms with E-state index in [0.717, 1.165) is 12.4 Å². The molecule has 0 saturated heterocycles. The Labute approximate surface area is 67.2 Å². The van der Waals surface area contributed by atoms with E-state index in [1.807, 2.05) is 6.07 Å². The lowest BCUT2D eigenvalue weighted by atomic mass is 10.1. The minimum absolute atomic E-state index is 0.523. The molecule has 0 saturated carbocycles. The monoisotopic (exact) mass is 153 g/mol. The Balaban J connectivity index is 2.66. The number of nitrogens with zero attached hydrogens (tertiary/aromatic N) is 1. The van der Waals surface area contributed by atoms with Gasteiger partial charge in [0.15, 0.2) is 0 Å². The molecule has 62 valence electrons. The van der Waals surface area contributed by atoms with Crippen molar-refractivity contribution in [3.63, 3.8) is 0 Å². The SMILES string of the molecule is CCNc1cc(C(C)C)[nH]n1. The highest BCUT2D eigenvalue weighted by atomic mass is 15.2. The Kier molecular flexibility index (Phi) is 2.52. The molecular weight excluding hydrogens is 138 g/mol. The van der Waals surface area contributed by atoms with Crippen LogP contribution in [0.15, 0.2) is 6.07 Å². The van der Waals surface area contributed by atoms with Crippen molar-refractivity contribution in [1.82, 2.24) is 10.2 Å². The molecular formula is C8H15N3. The number of hydrogen-bond acceptors (Lipinski definition) is 2. The van der Waals surface area contributed by atoms with Gasteiger partial charge in [0.1, 0.15) is 5.82 Å². The van der Waals surface area contributed by atoms with Crippen LogP contribution in [-0.4, -0.2) is 16.7 Å². The van der Waals surface area contributed by atoms with Crippen LogP contribution in [0.3, 0.4) is 0 Å². The number of aromatic nitrogens is 2. The van der Waals surface area contributed by atoms with E-state index >= 15 is 0 Å². The smallest absolute Gasteiger partial charge is 0.148 e. The molecule has 1 rings (SSSR count). The third-order valence-electron chi connectivity index (χ3n) is 1.58. The lowest BCUT2D eigenvalue weighted by molar-refractivity contribution is 0.810. The van der Waals surface area contributed by atoms with E-state index < -0.39 is 0 Å². The average Bonchev–Trinajstić information content (AvgIpc) is 2.37. The maximum atomic E-state index is 4.09. The van der Waals surface area contributed by atoms with E-state index in [9.17, 15) is 0 Å². The van der Waals surface area contributed by atoms with Crippen molar-refractivity contribution in [3.8, 4) is 0 Å². The first kappa shape index (κ1) is 8.11. The number of nitrogens with one attached hydrogen (secondary N) is 2. The third kappa shape index (κ3) is 1.97. The average molecular weight is 153 g/mol. The van der Waals surface area contributed by atoms with Gasteiger partial charge in [0.25, 0.3) is 0 Å². The van der Waals surface area contributed by atoms with Crippen molar-refractivity contribution in [2.45, 2.75) is 26.7 Å². The zero-order valence-electron chi connectivity index (χ0n) is 7.31.